The van der Waals surface area contributed by atoms with Crippen LogP contribution >= 0.6 is 11.3 Å². The van der Waals surface area contributed by atoms with E-state index in [-0.39, 0.29) is 0 Å². The van der Waals surface area contributed by atoms with E-state index >= 15 is 0 Å². The van der Waals surface area contributed by atoms with Crippen LogP contribution in [0, 0.1) is 5.92 Å². The summed E-state index contributed by atoms with van der Waals surface area (Å²) in [6.45, 7) is 3.15. The first kappa shape index (κ1) is 10.9. The van der Waals surface area contributed by atoms with E-state index in [4.69, 9.17) is 0 Å². The monoisotopic (exact) mass is 271 g/mol. The maximum Gasteiger partial charge on any atom is 0.150 e. The van der Waals surface area contributed by atoms with Crippen LogP contribution in [0.2, 0.25) is 0 Å². The zero-order valence-electron chi connectivity index (χ0n) is 10.3. The van der Waals surface area contributed by atoms with E-state index in [2.05, 4.69) is 29.8 Å². The zero-order chi connectivity index (χ0) is 12.7. The number of anilines is 1. The van der Waals surface area contributed by atoms with Crippen molar-refractivity contribution in [3.05, 3.63) is 36.5 Å². The quantitative estimate of drug-likeness (QED) is 0.731. The summed E-state index contributed by atoms with van der Waals surface area (Å²) in [5.41, 5.74) is 1.05. The Hall–Kier alpha value is -1.95. The lowest BCUT2D eigenvalue weighted by Gasteiger charge is -2.40. The van der Waals surface area contributed by atoms with Crippen molar-refractivity contribution in [1.29, 1.82) is 0 Å². The molecule has 6 heteroatoms. The molecule has 0 saturated carbocycles. The minimum atomic E-state index is 0.680. The first-order valence-electron chi connectivity index (χ1n) is 6.29. The molecule has 0 N–H and O–H groups in total. The fraction of sp³-hybridized carbons (Fsp3) is 0.308. The van der Waals surface area contributed by atoms with Crippen molar-refractivity contribution in [2.45, 2.75) is 6.54 Å². The van der Waals surface area contributed by atoms with E-state index in [0.717, 1.165) is 31.0 Å². The van der Waals surface area contributed by atoms with Crippen molar-refractivity contribution in [3.63, 3.8) is 0 Å². The molecule has 1 saturated heterocycles. The van der Waals surface area contributed by atoms with E-state index in [1.807, 2.05) is 24.8 Å². The second-order valence-corrected chi connectivity index (χ2v) is 5.78. The number of aromatic nitrogens is 4. The maximum absolute atomic E-state index is 4.44. The van der Waals surface area contributed by atoms with E-state index in [1.54, 1.807) is 17.7 Å². The molecule has 1 fully saturated rings. The highest BCUT2D eigenvalue weighted by Gasteiger charge is 2.29. The highest BCUT2D eigenvalue weighted by molar-refractivity contribution is 7.17. The van der Waals surface area contributed by atoms with Gasteiger partial charge in [0, 0.05) is 37.9 Å². The molecule has 5 nitrogen and oxygen atoms in total. The summed E-state index contributed by atoms with van der Waals surface area (Å²) in [7, 11) is 0. The van der Waals surface area contributed by atoms with Gasteiger partial charge in [-0.1, -0.05) is 0 Å². The number of imidazole rings is 1. The van der Waals surface area contributed by atoms with Crippen molar-refractivity contribution in [2.24, 2.45) is 5.92 Å². The van der Waals surface area contributed by atoms with Gasteiger partial charge >= 0.3 is 0 Å². The number of fused-ring (bicyclic) bond motifs is 1. The predicted molar refractivity (Wildman–Crippen MR) is 75.3 cm³/mol. The van der Waals surface area contributed by atoms with Crippen LogP contribution in [0.3, 0.4) is 0 Å². The van der Waals surface area contributed by atoms with Gasteiger partial charge in [-0.3, -0.25) is 0 Å². The minimum absolute atomic E-state index is 0.680. The molecule has 0 radical (unpaired) electrons. The second kappa shape index (κ2) is 4.31. The smallest absolute Gasteiger partial charge is 0.150 e. The molecule has 1 aliphatic heterocycles. The Labute approximate surface area is 114 Å². The molecule has 1 aliphatic rings. The van der Waals surface area contributed by atoms with Crippen molar-refractivity contribution in [3.8, 4) is 0 Å². The van der Waals surface area contributed by atoms with Gasteiger partial charge in [0.05, 0.1) is 16.5 Å². The average Bonchev–Trinajstić information content (AvgIpc) is 3.03. The molecule has 0 amide bonds. The Morgan fingerprint density at radius 2 is 2.26 bits per heavy atom. The lowest BCUT2D eigenvalue weighted by Crippen LogP contribution is -2.48. The largest absolute Gasteiger partial charge is 0.354 e. The summed E-state index contributed by atoms with van der Waals surface area (Å²) in [6, 6.07) is 2.05. The van der Waals surface area contributed by atoms with E-state index < -0.39 is 0 Å². The summed E-state index contributed by atoms with van der Waals surface area (Å²) >= 11 is 1.72. The number of rotatable bonds is 3. The molecule has 0 aliphatic carbocycles. The lowest BCUT2D eigenvalue weighted by atomic mass is 10.0. The lowest BCUT2D eigenvalue weighted by molar-refractivity contribution is 0.356. The van der Waals surface area contributed by atoms with Crippen molar-refractivity contribution in [2.75, 3.05) is 18.0 Å². The summed E-state index contributed by atoms with van der Waals surface area (Å²) in [5.74, 6) is 1.76. The van der Waals surface area contributed by atoms with Crippen LogP contribution < -0.4 is 4.90 Å². The van der Waals surface area contributed by atoms with Crippen LogP contribution in [0.15, 0.2) is 36.5 Å². The van der Waals surface area contributed by atoms with Crippen LogP contribution in [-0.4, -0.2) is 32.6 Å². The molecule has 0 atom stereocenters. The van der Waals surface area contributed by atoms with E-state index in [0.29, 0.717) is 5.92 Å². The highest BCUT2D eigenvalue weighted by Crippen LogP contribution is 2.32. The average molecular weight is 271 g/mol. The maximum atomic E-state index is 4.44. The van der Waals surface area contributed by atoms with E-state index in [1.165, 1.54) is 4.70 Å². The summed E-state index contributed by atoms with van der Waals surface area (Å²) in [5, 5.41) is 2.08. The van der Waals surface area contributed by atoms with Crippen molar-refractivity contribution >= 4 is 27.4 Å². The third-order valence-corrected chi connectivity index (χ3v) is 4.41. The van der Waals surface area contributed by atoms with Gasteiger partial charge in [0.2, 0.25) is 0 Å². The molecule has 3 aromatic heterocycles. The summed E-state index contributed by atoms with van der Waals surface area (Å²) < 4.78 is 3.34. The van der Waals surface area contributed by atoms with Crippen LogP contribution in [0.1, 0.15) is 0 Å². The van der Waals surface area contributed by atoms with Gasteiger partial charge in [0.15, 0.2) is 0 Å². The van der Waals surface area contributed by atoms with Crippen molar-refractivity contribution in [1.82, 2.24) is 19.5 Å². The first-order valence-corrected chi connectivity index (χ1v) is 7.17. The molecule has 3 aromatic rings. The van der Waals surface area contributed by atoms with Gasteiger partial charge in [0.1, 0.15) is 12.1 Å². The standard InChI is InChI=1S/C13H13N5S/c1-4-19-12-11(1)15-8-16-13(12)18-6-10(7-18)5-17-3-2-14-9-17/h1-4,8-10H,5-7H2. The summed E-state index contributed by atoms with van der Waals surface area (Å²) in [4.78, 5) is 15.1. The molecular formula is C13H13N5S. The Kier molecular flexibility index (Phi) is 2.48. The summed E-state index contributed by atoms with van der Waals surface area (Å²) in [6.07, 6.45) is 7.39. The molecule has 96 valence electrons. The van der Waals surface area contributed by atoms with Crippen LogP contribution in [-0.2, 0) is 6.54 Å². The number of nitrogens with zero attached hydrogens (tertiary/aromatic N) is 5. The Bertz CT molecular complexity index is 684. The number of hydrogen-bond acceptors (Lipinski definition) is 5. The zero-order valence-corrected chi connectivity index (χ0v) is 11.1. The molecular weight excluding hydrogens is 258 g/mol. The molecule has 19 heavy (non-hydrogen) atoms. The fourth-order valence-electron chi connectivity index (χ4n) is 2.55. The van der Waals surface area contributed by atoms with Crippen molar-refractivity contribution < 1.29 is 0 Å². The fourth-order valence-corrected chi connectivity index (χ4v) is 3.41. The number of thiophene rings is 1. The predicted octanol–water partition coefficient (Wildman–Crippen LogP) is 2.02. The third kappa shape index (κ3) is 1.88. The Balaban J connectivity index is 1.49. The molecule has 0 aromatic carbocycles. The second-order valence-electron chi connectivity index (χ2n) is 4.86. The SMILES string of the molecule is c1cn(CC2CN(c3ncnc4ccsc34)C2)cn1. The van der Waals surface area contributed by atoms with Gasteiger partial charge in [-0.05, 0) is 11.4 Å². The van der Waals surface area contributed by atoms with Crippen LogP contribution in [0.5, 0.6) is 0 Å². The minimum Gasteiger partial charge on any atom is -0.354 e. The van der Waals surface area contributed by atoms with Gasteiger partial charge in [-0.25, -0.2) is 15.0 Å². The molecule has 0 bridgehead atoms. The van der Waals surface area contributed by atoms with E-state index in [9.17, 15) is 0 Å². The molecule has 4 heterocycles. The van der Waals surface area contributed by atoms with Gasteiger partial charge in [-0.2, -0.15) is 0 Å². The third-order valence-electron chi connectivity index (χ3n) is 3.51. The highest BCUT2D eigenvalue weighted by atomic mass is 32.1. The van der Waals surface area contributed by atoms with Gasteiger partial charge < -0.3 is 9.47 Å². The Morgan fingerprint density at radius 1 is 1.32 bits per heavy atom. The molecule has 0 spiro atoms. The van der Waals surface area contributed by atoms with Crippen LogP contribution in [0.4, 0.5) is 5.82 Å². The normalized spacial score (nSPS) is 15.9. The topological polar surface area (TPSA) is 46.8 Å². The first-order chi connectivity index (χ1) is 9.40. The number of hydrogen-bond donors (Lipinski definition) is 0. The van der Waals surface area contributed by atoms with Gasteiger partial charge in [-0.15, -0.1) is 11.3 Å². The van der Waals surface area contributed by atoms with Gasteiger partial charge in [0.25, 0.3) is 0 Å². The molecule has 0 unspecified atom stereocenters. The molecule has 4 rings (SSSR count). The Morgan fingerprint density at radius 3 is 3.11 bits per heavy atom. The van der Waals surface area contributed by atoms with Crippen LogP contribution in [0.25, 0.3) is 10.2 Å².